The fourth-order valence-corrected chi connectivity index (χ4v) is 2.04. The summed E-state index contributed by atoms with van der Waals surface area (Å²) >= 11 is 12.9. The maximum Gasteiger partial charge on any atom is 0.299 e. The summed E-state index contributed by atoms with van der Waals surface area (Å²) in [6, 6.07) is 5.27. The number of halogens is 2. The number of thioether (sulfide) groups is 1. The molecule has 1 aliphatic rings. The Balaban J connectivity index is 2.30. The van der Waals surface area contributed by atoms with Gasteiger partial charge in [0.05, 0.1) is 15.8 Å². The number of nitrogens with one attached hydrogen (secondary N) is 1. The molecule has 0 saturated heterocycles. The fraction of sp³-hybridized carbons (Fsp3) is 0.111. The molecule has 1 N–H and O–H groups in total. The number of hydrazone groups is 1. The summed E-state index contributed by atoms with van der Waals surface area (Å²) in [5.41, 5.74) is 4.06. The minimum atomic E-state index is -0.140. The summed E-state index contributed by atoms with van der Waals surface area (Å²) in [4.78, 5) is 10.9. The quantitative estimate of drug-likeness (QED) is 0.843. The second-order valence-electron chi connectivity index (χ2n) is 2.88. The summed E-state index contributed by atoms with van der Waals surface area (Å²) in [5, 5.41) is 4.80. The van der Waals surface area contributed by atoms with E-state index < -0.39 is 0 Å². The fourth-order valence-electron chi connectivity index (χ4n) is 1.14. The minimum Gasteiger partial charge on any atom is -0.260 e. The van der Waals surface area contributed by atoms with Crippen LogP contribution in [0.2, 0.25) is 10.0 Å². The molecule has 1 amide bonds. The van der Waals surface area contributed by atoms with Gasteiger partial charge in [-0.25, -0.2) is 5.43 Å². The van der Waals surface area contributed by atoms with Gasteiger partial charge in [-0.2, -0.15) is 5.10 Å². The van der Waals surface area contributed by atoms with Crippen LogP contribution in [0, 0.1) is 0 Å². The number of carbonyl (C=O) groups excluding carboxylic acids is 1. The standard InChI is InChI=1S/C9H6Cl2N2OS/c10-6-2-1-5(3-7(6)11)8-4-15-9(14)13-12-8/h1-3H,4H2,(H,13,14). The van der Waals surface area contributed by atoms with Crippen LogP contribution in [0.15, 0.2) is 23.3 Å². The smallest absolute Gasteiger partial charge is 0.260 e. The van der Waals surface area contributed by atoms with Crippen molar-refractivity contribution in [3.8, 4) is 0 Å². The summed E-state index contributed by atoms with van der Waals surface area (Å²) in [5.74, 6) is 0.545. The zero-order valence-electron chi connectivity index (χ0n) is 7.46. The lowest BCUT2D eigenvalue weighted by Crippen LogP contribution is -2.23. The summed E-state index contributed by atoms with van der Waals surface area (Å²) in [6.07, 6.45) is 0. The second kappa shape index (κ2) is 4.43. The third-order valence-corrected chi connectivity index (χ3v) is 3.39. The van der Waals surface area contributed by atoms with E-state index in [0.29, 0.717) is 15.8 Å². The Morgan fingerprint density at radius 3 is 2.73 bits per heavy atom. The Bertz CT molecular complexity index is 448. The molecule has 15 heavy (non-hydrogen) atoms. The highest BCUT2D eigenvalue weighted by Crippen LogP contribution is 2.24. The SMILES string of the molecule is O=C1NN=C(c2ccc(Cl)c(Cl)c2)CS1. The molecule has 0 bridgehead atoms. The van der Waals surface area contributed by atoms with Gasteiger partial charge in [0.15, 0.2) is 0 Å². The van der Waals surface area contributed by atoms with Gasteiger partial charge in [-0.05, 0) is 12.1 Å². The Labute approximate surface area is 101 Å². The Kier molecular flexibility index (Phi) is 3.19. The molecule has 1 aliphatic heterocycles. The molecule has 1 aromatic carbocycles. The number of hydrogen-bond donors (Lipinski definition) is 1. The van der Waals surface area contributed by atoms with Crippen LogP contribution in [0.25, 0.3) is 0 Å². The van der Waals surface area contributed by atoms with Gasteiger partial charge in [0, 0.05) is 11.3 Å². The highest BCUT2D eigenvalue weighted by molar-refractivity contribution is 8.14. The average molecular weight is 261 g/mol. The normalized spacial score (nSPS) is 15.9. The van der Waals surface area contributed by atoms with Crippen molar-refractivity contribution in [1.82, 2.24) is 5.43 Å². The van der Waals surface area contributed by atoms with Crippen molar-refractivity contribution in [2.75, 3.05) is 5.75 Å². The van der Waals surface area contributed by atoms with Crippen molar-refractivity contribution in [2.45, 2.75) is 0 Å². The van der Waals surface area contributed by atoms with E-state index in [0.717, 1.165) is 11.3 Å². The topological polar surface area (TPSA) is 41.5 Å². The predicted octanol–water partition coefficient (Wildman–Crippen LogP) is 3.15. The van der Waals surface area contributed by atoms with E-state index in [1.807, 2.05) is 6.07 Å². The lowest BCUT2D eigenvalue weighted by molar-refractivity contribution is 0.261. The molecule has 0 aromatic heterocycles. The number of benzene rings is 1. The van der Waals surface area contributed by atoms with Crippen LogP contribution in [0.5, 0.6) is 0 Å². The number of carbonyl (C=O) groups is 1. The van der Waals surface area contributed by atoms with Gasteiger partial charge in [-0.3, -0.25) is 4.79 Å². The monoisotopic (exact) mass is 260 g/mol. The first-order valence-electron chi connectivity index (χ1n) is 4.11. The first-order chi connectivity index (χ1) is 7.16. The van der Waals surface area contributed by atoms with Crippen LogP contribution < -0.4 is 5.43 Å². The molecular formula is C9H6Cl2N2OS. The van der Waals surface area contributed by atoms with E-state index in [1.165, 1.54) is 11.8 Å². The van der Waals surface area contributed by atoms with Crippen molar-refractivity contribution in [3.63, 3.8) is 0 Å². The van der Waals surface area contributed by atoms with Gasteiger partial charge in [0.1, 0.15) is 0 Å². The molecule has 3 nitrogen and oxygen atoms in total. The van der Waals surface area contributed by atoms with E-state index in [-0.39, 0.29) is 5.24 Å². The largest absolute Gasteiger partial charge is 0.299 e. The molecule has 78 valence electrons. The van der Waals surface area contributed by atoms with E-state index >= 15 is 0 Å². The van der Waals surface area contributed by atoms with Crippen molar-refractivity contribution in [3.05, 3.63) is 33.8 Å². The predicted molar refractivity (Wildman–Crippen MR) is 64.0 cm³/mol. The highest BCUT2D eigenvalue weighted by atomic mass is 35.5. The third kappa shape index (κ3) is 2.45. The lowest BCUT2D eigenvalue weighted by atomic mass is 10.1. The molecule has 0 aliphatic carbocycles. The van der Waals surface area contributed by atoms with Gasteiger partial charge in [-0.1, -0.05) is 41.0 Å². The van der Waals surface area contributed by atoms with Gasteiger partial charge in [0.25, 0.3) is 5.24 Å². The number of hydrogen-bond acceptors (Lipinski definition) is 3. The molecule has 1 heterocycles. The summed E-state index contributed by atoms with van der Waals surface area (Å²) in [6.45, 7) is 0. The Morgan fingerprint density at radius 1 is 1.33 bits per heavy atom. The molecule has 6 heteroatoms. The number of nitrogens with zero attached hydrogens (tertiary/aromatic N) is 1. The molecule has 0 unspecified atom stereocenters. The average Bonchev–Trinajstić information content (AvgIpc) is 2.23. The van der Waals surface area contributed by atoms with Gasteiger partial charge >= 0.3 is 0 Å². The van der Waals surface area contributed by atoms with Crippen LogP contribution in [0.4, 0.5) is 4.79 Å². The van der Waals surface area contributed by atoms with E-state index in [4.69, 9.17) is 23.2 Å². The van der Waals surface area contributed by atoms with Crippen molar-refractivity contribution in [2.24, 2.45) is 5.10 Å². The molecule has 1 aromatic rings. The Morgan fingerprint density at radius 2 is 2.13 bits per heavy atom. The van der Waals surface area contributed by atoms with Gasteiger partial charge < -0.3 is 0 Å². The van der Waals surface area contributed by atoms with E-state index in [1.54, 1.807) is 12.1 Å². The molecule has 0 radical (unpaired) electrons. The first-order valence-corrected chi connectivity index (χ1v) is 5.86. The highest BCUT2D eigenvalue weighted by Gasteiger charge is 2.14. The maximum absolute atomic E-state index is 10.9. The van der Waals surface area contributed by atoms with Crippen LogP contribution in [-0.2, 0) is 0 Å². The van der Waals surface area contributed by atoms with Gasteiger partial charge in [0.2, 0.25) is 0 Å². The van der Waals surface area contributed by atoms with Crippen molar-refractivity contribution >= 4 is 45.9 Å². The zero-order chi connectivity index (χ0) is 10.8. The summed E-state index contributed by atoms with van der Waals surface area (Å²) in [7, 11) is 0. The Hall–Kier alpha value is -0.710. The third-order valence-electron chi connectivity index (χ3n) is 1.87. The second-order valence-corrected chi connectivity index (χ2v) is 4.64. The zero-order valence-corrected chi connectivity index (χ0v) is 9.79. The lowest BCUT2D eigenvalue weighted by Gasteiger charge is -2.11. The van der Waals surface area contributed by atoms with E-state index in [9.17, 15) is 4.79 Å². The van der Waals surface area contributed by atoms with Crippen LogP contribution in [0.1, 0.15) is 5.56 Å². The molecule has 0 saturated carbocycles. The van der Waals surface area contributed by atoms with E-state index in [2.05, 4.69) is 10.5 Å². The maximum atomic E-state index is 10.9. The molecule has 0 atom stereocenters. The summed E-state index contributed by atoms with van der Waals surface area (Å²) < 4.78 is 0. The minimum absolute atomic E-state index is 0.140. The van der Waals surface area contributed by atoms with Crippen molar-refractivity contribution in [1.29, 1.82) is 0 Å². The number of rotatable bonds is 1. The molecule has 0 spiro atoms. The van der Waals surface area contributed by atoms with Crippen LogP contribution in [0.3, 0.4) is 0 Å². The molecular weight excluding hydrogens is 255 g/mol. The molecule has 2 rings (SSSR count). The molecule has 0 fully saturated rings. The van der Waals surface area contributed by atoms with Crippen molar-refractivity contribution < 1.29 is 4.79 Å². The van der Waals surface area contributed by atoms with Crippen LogP contribution >= 0.6 is 35.0 Å². The van der Waals surface area contributed by atoms with Crippen LogP contribution in [-0.4, -0.2) is 16.7 Å². The first kappa shape index (κ1) is 10.8. The van der Waals surface area contributed by atoms with Gasteiger partial charge in [-0.15, -0.1) is 0 Å². The number of amides is 1.